The predicted octanol–water partition coefficient (Wildman–Crippen LogP) is 5.27. The van der Waals surface area contributed by atoms with Gasteiger partial charge in [-0.05, 0) is 48.6 Å². The lowest BCUT2D eigenvalue weighted by molar-refractivity contribution is -0.149. The van der Waals surface area contributed by atoms with E-state index in [1.165, 1.54) is 19.6 Å². The molecule has 0 radical (unpaired) electrons. The maximum atomic E-state index is 13.9. The zero-order valence-electron chi connectivity index (χ0n) is 26.8. The van der Waals surface area contributed by atoms with Crippen molar-refractivity contribution in [1.29, 1.82) is 0 Å². The number of nitrogens with one attached hydrogen (secondary N) is 1. The van der Waals surface area contributed by atoms with E-state index in [2.05, 4.69) is 10.3 Å². The molecule has 244 valence electrons. The lowest BCUT2D eigenvalue weighted by atomic mass is 9.98. The van der Waals surface area contributed by atoms with Crippen LogP contribution in [0, 0.1) is 0 Å². The van der Waals surface area contributed by atoms with Crippen LogP contribution in [-0.2, 0) is 31.9 Å². The van der Waals surface area contributed by atoms with Gasteiger partial charge in [0.15, 0.2) is 0 Å². The van der Waals surface area contributed by atoms with E-state index in [-0.39, 0.29) is 25.4 Å². The van der Waals surface area contributed by atoms with E-state index in [0.29, 0.717) is 5.69 Å². The minimum Gasteiger partial charge on any atom is -0.480 e. The number of imidazole rings is 1. The maximum absolute atomic E-state index is 13.9. The Morgan fingerprint density at radius 3 is 2.11 bits per heavy atom. The topological polar surface area (TPSA) is 140 Å². The van der Waals surface area contributed by atoms with Gasteiger partial charge < -0.3 is 24.8 Å². The number of alkyl carbamates (subject to hydrolysis) is 1. The highest BCUT2D eigenvalue weighted by atomic mass is 16.6. The molecule has 1 aromatic heterocycles. The van der Waals surface area contributed by atoms with Crippen molar-refractivity contribution in [2.24, 2.45) is 0 Å². The lowest BCUT2D eigenvalue weighted by Gasteiger charge is -2.29. The van der Waals surface area contributed by atoms with Crippen LogP contribution < -0.4 is 5.32 Å². The second-order valence-electron chi connectivity index (χ2n) is 12.5. The molecule has 0 saturated heterocycles. The van der Waals surface area contributed by atoms with Crippen LogP contribution in [0.5, 0.6) is 0 Å². The van der Waals surface area contributed by atoms with E-state index in [4.69, 9.17) is 9.47 Å². The molecule has 0 spiro atoms. The quantitative estimate of drug-likeness (QED) is 0.240. The van der Waals surface area contributed by atoms with E-state index in [1.807, 2.05) is 54.6 Å². The summed E-state index contributed by atoms with van der Waals surface area (Å²) >= 11 is 0. The molecule has 0 unspecified atom stereocenters. The van der Waals surface area contributed by atoms with Gasteiger partial charge in [0.2, 0.25) is 5.91 Å². The molecule has 4 aromatic rings. The highest BCUT2D eigenvalue weighted by Crippen LogP contribution is 2.44. The fourth-order valence-electron chi connectivity index (χ4n) is 5.70. The van der Waals surface area contributed by atoms with E-state index in [9.17, 15) is 24.3 Å². The third kappa shape index (κ3) is 7.86. The van der Waals surface area contributed by atoms with Crippen LogP contribution in [0.25, 0.3) is 11.1 Å². The fourth-order valence-corrected chi connectivity index (χ4v) is 5.70. The van der Waals surface area contributed by atoms with Gasteiger partial charge in [0.25, 0.3) is 0 Å². The maximum Gasteiger partial charge on any atom is 0.419 e. The van der Waals surface area contributed by atoms with Gasteiger partial charge in [-0.1, -0.05) is 78.9 Å². The van der Waals surface area contributed by atoms with E-state index < -0.39 is 41.7 Å². The van der Waals surface area contributed by atoms with Gasteiger partial charge in [-0.2, -0.15) is 0 Å². The van der Waals surface area contributed by atoms with Crippen molar-refractivity contribution < 1.29 is 33.8 Å². The number of carboxylic acids is 1. The molecule has 0 bridgehead atoms. The van der Waals surface area contributed by atoms with Crippen molar-refractivity contribution in [1.82, 2.24) is 19.8 Å². The summed E-state index contributed by atoms with van der Waals surface area (Å²) in [4.78, 5) is 57.4. The first kappa shape index (κ1) is 32.9. The molecule has 2 atom stereocenters. The summed E-state index contributed by atoms with van der Waals surface area (Å²) in [5, 5.41) is 12.7. The highest BCUT2D eigenvalue weighted by Gasteiger charge is 2.34. The molecule has 0 aliphatic heterocycles. The summed E-state index contributed by atoms with van der Waals surface area (Å²) in [5.74, 6) is -2.05. The number of benzene rings is 3. The third-order valence-electron chi connectivity index (χ3n) is 7.96. The van der Waals surface area contributed by atoms with E-state index >= 15 is 0 Å². The number of aliphatic carboxylic acids is 1. The molecule has 0 saturated carbocycles. The Balaban J connectivity index is 1.35. The molecule has 11 heteroatoms. The second kappa shape index (κ2) is 13.9. The molecular formula is C36H38N4O7. The number of rotatable bonds is 10. The number of hydrogen-bond acceptors (Lipinski definition) is 7. The molecule has 3 aromatic carbocycles. The molecule has 11 nitrogen and oxygen atoms in total. The Hall–Kier alpha value is -5.45. The van der Waals surface area contributed by atoms with Crippen LogP contribution in [-0.4, -0.2) is 75.0 Å². The fraction of sp³-hybridized carbons (Fsp3) is 0.306. The number of nitrogens with zero attached hydrogens (tertiary/aromatic N) is 3. The highest BCUT2D eigenvalue weighted by molar-refractivity contribution is 5.89. The van der Waals surface area contributed by atoms with Gasteiger partial charge >= 0.3 is 18.2 Å². The summed E-state index contributed by atoms with van der Waals surface area (Å²) < 4.78 is 12.2. The first-order chi connectivity index (χ1) is 22.4. The minimum atomic E-state index is -1.25. The summed E-state index contributed by atoms with van der Waals surface area (Å²) in [5.41, 5.74) is 4.52. The van der Waals surface area contributed by atoms with Crippen LogP contribution in [0.4, 0.5) is 9.59 Å². The van der Waals surface area contributed by atoms with Gasteiger partial charge in [0, 0.05) is 32.0 Å². The molecule has 2 amide bonds. The van der Waals surface area contributed by atoms with E-state index in [0.717, 1.165) is 37.3 Å². The monoisotopic (exact) mass is 638 g/mol. The van der Waals surface area contributed by atoms with E-state index in [1.54, 1.807) is 45.0 Å². The van der Waals surface area contributed by atoms with Crippen molar-refractivity contribution in [3.63, 3.8) is 0 Å². The number of fused-ring (bicyclic) bond motifs is 3. The predicted molar refractivity (Wildman–Crippen MR) is 174 cm³/mol. The van der Waals surface area contributed by atoms with Crippen molar-refractivity contribution in [3.8, 4) is 11.1 Å². The minimum absolute atomic E-state index is 0.0235. The smallest absolute Gasteiger partial charge is 0.419 e. The summed E-state index contributed by atoms with van der Waals surface area (Å²) in [6.07, 6.45) is 1.09. The van der Waals surface area contributed by atoms with Crippen molar-refractivity contribution in [2.75, 3.05) is 13.7 Å². The van der Waals surface area contributed by atoms with Crippen LogP contribution in [0.3, 0.4) is 0 Å². The Labute approximate surface area is 273 Å². The van der Waals surface area contributed by atoms with Gasteiger partial charge in [0.1, 0.15) is 30.6 Å². The standard InChI is InChI=1S/C36H38N4O7/c1-36(2,3)47-35(45)40-20-24(37-22-40)19-30(32(41)39(4)31(33(42)43)18-23-12-6-5-7-13-23)38-34(44)46-21-29-27-16-10-8-14-25(27)26-15-9-11-17-28(26)29/h5-17,20,22,29-31H,18-19,21H2,1-4H3,(H,38,44)(H,42,43)/t30-,31-/m0/s1. The molecule has 0 fully saturated rings. The molecule has 1 heterocycles. The Morgan fingerprint density at radius 1 is 0.915 bits per heavy atom. The van der Waals surface area contributed by atoms with Crippen LogP contribution in [0.1, 0.15) is 49.1 Å². The summed E-state index contributed by atoms with van der Waals surface area (Å²) in [7, 11) is 1.38. The number of amides is 2. The zero-order chi connectivity index (χ0) is 33.7. The largest absolute Gasteiger partial charge is 0.480 e. The van der Waals surface area contributed by atoms with Crippen LogP contribution >= 0.6 is 0 Å². The third-order valence-corrected chi connectivity index (χ3v) is 7.96. The molecular weight excluding hydrogens is 600 g/mol. The molecule has 2 N–H and O–H groups in total. The van der Waals surface area contributed by atoms with Crippen LogP contribution in [0.2, 0.25) is 0 Å². The molecule has 47 heavy (non-hydrogen) atoms. The van der Waals surface area contributed by atoms with Gasteiger partial charge in [-0.25, -0.2) is 23.9 Å². The van der Waals surface area contributed by atoms with Crippen LogP contribution in [0.15, 0.2) is 91.4 Å². The number of carbonyl (C=O) groups excluding carboxylic acids is 3. The number of carboxylic acid groups (broad SMARTS) is 1. The molecule has 1 aliphatic rings. The Kier molecular flexibility index (Phi) is 9.74. The van der Waals surface area contributed by atoms with Crippen molar-refractivity contribution in [2.45, 2.75) is 57.2 Å². The van der Waals surface area contributed by atoms with Crippen molar-refractivity contribution >= 4 is 24.1 Å². The number of aromatic nitrogens is 2. The molecule has 1 aliphatic carbocycles. The summed E-state index contributed by atoms with van der Waals surface area (Å²) in [6.45, 7) is 5.23. The summed E-state index contributed by atoms with van der Waals surface area (Å²) in [6, 6.07) is 22.4. The first-order valence-electron chi connectivity index (χ1n) is 15.3. The average Bonchev–Trinajstić information content (AvgIpc) is 3.64. The SMILES string of the molecule is CN(C(=O)[C@H](Cc1cn(C(=O)OC(C)(C)C)cn1)NC(=O)OCC1c2ccccc2-c2ccccc21)[C@@H](Cc1ccccc1)C(=O)O. The van der Waals surface area contributed by atoms with Gasteiger partial charge in [-0.15, -0.1) is 0 Å². The zero-order valence-corrected chi connectivity index (χ0v) is 26.8. The Bertz CT molecular complexity index is 1720. The van der Waals surface area contributed by atoms with Crippen molar-refractivity contribution in [3.05, 3.63) is 114 Å². The lowest BCUT2D eigenvalue weighted by Crippen LogP contribution is -2.54. The van der Waals surface area contributed by atoms with Gasteiger partial charge in [0.05, 0.1) is 5.69 Å². The second-order valence-corrected chi connectivity index (χ2v) is 12.5. The van der Waals surface area contributed by atoms with Gasteiger partial charge in [-0.3, -0.25) is 4.79 Å². The average molecular weight is 639 g/mol. The number of carbonyl (C=O) groups is 4. The Morgan fingerprint density at radius 2 is 1.51 bits per heavy atom. The number of hydrogen-bond donors (Lipinski definition) is 2. The molecule has 5 rings (SSSR count). The number of likely N-dealkylation sites (N-methyl/N-ethyl adjacent to an activating group) is 1. The number of ether oxygens (including phenoxy) is 2. The normalized spacial score (nSPS) is 13.5. The first-order valence-corrected chi connectivity index (χ1v) is 15.3.